The second-order valence-corrected chi connectivity index (χ2v) is 3.23. The van der Waals surface area contributed by atoms with Gasteiger partial charge in [0.05, 0.1) is 10.6 Å². The Hall–Kier alpha value is -1.23. The van der Waals surface area contributed by atoms with Gasteiger partial charge >= 0.3 is 0 Å². The lowest BCUT2D eigenvalue weighted by molar-refractivity contribution is 0.104. The molecule has 0 aliphatic heterocycles. The summed E-state index contributed by atoms with van der Waals surface area (Å²) in [5.74, 6) is -0.479. The van der Waals surface area contributed by atoms with E-state index in [2.05, 4.69) is 0 Å². The smallest absolute Gasteiger partial charge is 0.277 e. The summed E-state index contributed by atoms with van der Waals surface area (Å²) in [7, 11) is 0. The first-order chi connectivity index (χ1) is 6.11. The summed E-state index contributed by atoms with van der Waals surface area (Å²) >= 11 is 1.19. The summed E-state index contributed by atoms with van der Waals surface area (Å²) in [6.45, 7) is 0. The maximum absolute atomic E-state index is 11.9. The van der Waals surface area contributed by atoms with E-state index < -0.39 is 17.9 Å². The second kappa shape index (κ2) is 4.13. The van der Waals surface area contributed by atoms with Gasteiger partial charge in [-0.15, -0.1) is 11.3 Å². The number of carbonyl (C=O) groups is 1. The minimum atomic E-state index is -2.77. The molecule has 1 aromatic rings. The second-order valence-electron chi connectivity index (χ2n) is 2.29. The van der Waals surface area contributed by atoms with Gasteiger partial charge in [0.2, 0.25) is 0 Å². The molecule has 0 aromatic carbocycles. The maximum atomic E-state index is 11.9. The molecular formula is C8H7F2NOS. The van der Waals surface area contributed by atoms with Crippen molar-refractivity contribution in [3.05, 3.63) is 34.2 Å². The fourth-order valence-electron chi connectivity index (χ4n) is 0.704. The van der Waals surface area contributed by atoms with E-state index in [4.69, 9.17) is 5.73 Å². The Morgan fingerprint density at radius 1 is 1.62 bits per heavy atom. The molecule has 0 aliphatic rings. The Morgan fingerprint density at radius 3 is 2.77 bits per heavy atom. The van der Waals surface area contributed by atoms with E-state index >= 15 is 0 Å². The van der Waals surface area contributed by atoms with Gasteiger partial charge in [0, 0.05) is 6.08 Å². The van der Waals surface area contributed by atoms with Crippen LogP contribution < -0.4 is 5.73 Å². The van der Waals surface area contributed by atoms with Crippen molar-refractivity contribution in [3.8, 4) is 0 Å². The Morgan fingerprint density at radius 2 is 2.31 bits per heavy atom. The van der Waals surface area contributed by atoms with Crippen LogP contribution in [0.5, 0.6) is 0 Å². The van der Waals surface area contributed by atoms with Crippen molar-refractivity contribution in [1.29, 1.82) is 0 Å². The number of ketones is 1. The van der Waals surface area contributed by atoms with Crippen molar-refractivity contribution < 1.29 is 13.6 Å². The van der Waals surface area contributed by atoms with E-state index in [-0.39, 0.29) is 0 Å². The molecular weight excluding hydrogens is 196 g/mol. The van der Waals surface area contributed by atoms with Crippen molar-refractivity contribution >= 4 is 17.1 Å². The highest BCUT2D eigenvalue weighted by Gasteiger charge is 2.10. The number of thiophene rings is 1. The predicted octanol–water partition coefficient (Wildman–Crippen LogP) is 2.04. The fraction of sp³-hybridized carbons (Fsp3) is 0.125. The zero-order chi connectivity index (χ0) is 9.84. The molecule has 5 heteroatoms. The maximum Gasteiger partial charge on any atom is 0.277 e. The zero-order valence-corrected chi connectivity index (χ0v) is 7.35. The Labute approximate surface area is 77.7 Å². The predicted molar refractivity (Wildman–Crippen MR) is 46.9 cm³/mol. The van der Waals surface area contributed by atoms with Crippen LogP contribution in [0.4, 0.5) is 8.78 Å². The van der Waals surface area contributed by atoms with Crippen LogP contribution in [0.1, 0.15) is 9.67 Å². The molecule has 0 saturated heterocycles. The average molecular weight is 203 g/mol. The number of alkyl halides is 2. The van der Waals surface area contributed by atoms with Crippen LogP contribution in [0, 0.1) is 0 Å². The van der Waals surface area contributed by atoms with Crippen LogP contribution in [-0.2, 0) is 0 Å². The van der Waals surface area contributed by atoms with Gasteiger partial charge in [-0.25, -0.2) is 8.78 Å². The molecule has 0 fully saturated rings. The average Bonchev–Trinajstić information content (AvgIpc) is 2.55. The minimum absolute atomic E-state index is 0.406. The monoisotopic (exact) mass is 203 g/mol. The lowest BCUT2D eigenvalue weighted by atomic mass is 10.3. The number of nitrogens with two attached hydrogens (primary N) is 1. The first-order valence-corrected chi connectivity index (χ1v) is 4.32. The Balaban J connectivity index is 2.76. The van der Waals surface area contributed by atoms with Gasteiger partial charge in [-0.05, 0) is 11.4 Å². The van der Waals surface area contributed by atoms with E-state index in [0.29, 0.717) is 4.88 Å². The van der Waals surface area contributed by atoms with E-state index in [1.165, 1.54) is 11.3 Å². The lowest BCUT2D eigenvalue weighted by Crippen LogP contribution is -2.09. The molecule has 13 heavy (non-hydrogen) atoms. The number of carbonyl (C=O) groups excluding carboxylic acids is 1. The third-order valence-corrected chi connectivity index (χ3v) is 2.20. The first kappa shape index (κ1) is 9.85. The molecule has 0 unspecified atom stereocenters. The van der Waals surface area contributed by atoms with Gasteiger partial charge in [0.1, 0.15) is 0 Å². The highest BCUT2D eigenvalue weighted by atomic mass is 32.1. The quantitative estimate of drug-likeness (QED) is 0.603. The molecule has 2 N–H and O–H groups in total. The standard InChI is InChI=1S/C8H7F2NOS/c9-8(10)5(11)4-6(12)7-2-1-3-13-7/h1-4,8H,11H2/b5-4-. The SMILES string of the molecule is N/C(=C\C(=O)c1cccs1)C(F)F. The van der Waals surface area contributed by atoms with Crippen molar-refractivity contribution in [1.82, 2.24) is 0 Å². The summed E-state index contributed by atoms with van der Waals surface area (Å²) in [5.41, 5.74) is 4.22. The van der Waals surface area contributed by atoms with E-state index in [0.717, 1.165) is 6.08 Å². The van der Waals surface area contributed by atoms with Crippen LogP contribution in [0.2, 0.25) is 0 Å². The molecule has 0 atom stereocenters. The van der Waals surface area contributed by atoms with Crippen LogP contribution in [-0.4, -0.2) is 12.2 Å². The minimum Gasteiger partial charge on any atom is -0.397 e. The molecule has 0 radical (unpaired) electrons. The largest absolute Gasteiger partial charge is 0.397 e. The summed E-state index contributed by atoms with van der Waals surface area (Å²) < 4.78 is 23.8. The van der Waals surface area contributed by atoms with E-state index in [1.54, 1.807) is 17.5 Å². The number of halogens is 2. The molecule has 0 saturated carbocycles. The highest BCUT2D eigenvalue weighted by molar-refractivity contribution is 7.12. The van der Waals surface area contributed by atoms with Crippen LogP contribution in [0.3, 0.4) is 0 Å². The number of allylic oxidation sites excluding steroid dienone is 2. The van der Waals surface area contributed by atoms with Crippen molar-refractivity contribution in [2.45, 2.75) is 6.43 Å². The van der Waals surface area contributed by atoms with Gasteiger partial charge < -0.3 is 5.73 Å². The van der Waals surface area contributed by atoms with Crippen LogP contribution in [0.25, 0.3) is 0 Å². The van der Waals surface area contributed by atoms with Gasteiger partial charge in [-0.2, -0.15) is 0 Å². The molecule has 0 bridgehead atoms. The Kier molecular flexibility index (Phi) is 3.13. The van der Waals surface area contributed by atoms with E-state index in [1.807, 2.05) is 0 Å². The number of hydrogen-bond acceptors (Lipinski definition) is 3. The number of hydrogen-bond donors (Lipinski definition) is 1. The molecule has 0 aliphatic carbocycles. The molecule has 0 spiro atoms. The van der Waals surface area contributed by atoms with Crippen molar-refractivity contribution in [3.63, 3.8) is 0 Å². The molecule has 1 heterocycles. The number of rotatable bonds is 3. The van der Waals surface area contributed by atoms with Crippen LogP contribution >= 0.6 is 11.3 Å². The van der Waals surface area contributed by atoms with Gasteiger partial charge in [0.15, 0.2) is 5.78 Å². The zero-order valence-electron chi connectivity index (χ0n) is 6.54. The normalized spacial score (nSPS) is 12.1. The van der Waals surface area contributed by atoms with Crippen molar-refractivity contribution in [2.75, 3.05) is 0 Å². The Bertz CT molecular complexity index is 319. The molecule has 1 rings (SSSR count). The van der Waals surface area contributed by atoms with Gasteiger partial charge in [0.25, 0.3) is 6.43 Å². The summed E-state index contributed by atoms with van der Waals surface area (Å²) in [6.07, 6.45) is -2.01. The topological polar surface area (TPSA) is 43.1 Å². The fourth-order valence-corrected chi connectivity index (χ4v) is 1.34. The van der Waals surface area contributed by atoms with Gasteiger partial charge in [-0.1, -0.05) is 6.07 Å². The molecule has 0 amide bonds. The van der Waals surface area contributed by atoms with Crippen LogP contribution in [0.15, 0.2) is 29.3 Å². The molecule has 2 nitrogen and oxygen atoms in total. The first-order valence-electron chi connectivity index (χ1n) is 3.44. The summed E-state index contributed by atoms with van der Waals surface area (Å²) in [5, 5.41) is 1.69. The summed E-state index contributed by atoms with van der Waals surface area (Å²) in [6, 6.07) is 3.23. The van der Waals surface area contributed by atoms with Gasteiger partial charge in [-0.3, -0.25) is 4.79 Å². The van der Waals surface area contributed by atoms with E-state index in [9.17, 15) is 13.6 Å². The third-order valence-electron chi connectivity index (χ3n) is 1.31. The summed E-state index contributed by atoms with van der Waals surface area (Å²) in [4.78, 5) is 11.5. The highest BCUT2D eigenvalue weighted by Crippen LogP contribution is 2.11. The third kappa shape index (κ3) is 2.62. The lowest BCUT2D eigenvalue weighted by Gasteiger charge is -1.96. The van der Waals surface area contributed by atoms with Crippen molar-refractivity contribution in [2.24, 2.45) is 5.73 Å². The molecule has 70 valence electrons. The molecule has 1 aromatic heterocycles.